The summed E-state index contributed by atoms with van der Waals surface area (Å²) in [5.74, 6) is 0. The van der Waals surface area contributed by atoms with Gasteiger partial charge in [-0.25, -0.2) is 0 Å². The molecule has 1 nitrogen and oxygen atoms in total. The molecule has 0 saturated carbocycles. The first kappa shape index (κ1) is 9.53. The van der Waals surface area contributed by atoms with Crippen LogP contribution in [0.4, 0.5) is 0 Å². The first-order valence-corrected chi connectivity index (χ1v) is 5.39. The first-order chi connectivity index (χ1) is 6.72. The molecule has 0 aliphatic rings. The van der Waals surface area contributed by atoms with Crippen LogP contribution < -0.4 is 0 Å². The van der Waals surface area contributed by atoms with Gasteiger partial charge in [0.05, 0.1) is 0 Å². The van der Waals surface area contributed by atoms with Gasteiger partial charge in [-0.2, -0.15) is 0 Å². The molecule has 0 unspecified atom stereocenters. The Morgan fingerprint density at radius 1 is 1.29 bits per heavy atom. The Labute approximate surface area is 92.2 Å². The molecule has 72 valence electrons. The summed E-state index contributed by atoms with van der Waals surface area (Å²) >= 11 is 3.48. The lowest BCUT2D eigenvalue weighted by atomic mass is 10.2. The lowest BCUT2D eigenvalue weighted by Gasteiger charge is -1.98. The zero-order valence-corrected chi connectivity index (χ0v) is 9.88. The van der Waals surface area contributed by atoms with E-state index in [0.29, 0.717) is 0 Å². The smallest absolute Gasteiger partial charge is 0.0483 e. The van der Waals surface area contributed by atoms with Crippen LogP contribution in [0, 0.1) is 0 Å². The van der Waals surface area contributed by atoms with Crippen LogP contribution in [0.3, 0.4) is 0 Å². The summed E-state index contributed by atoms with van der Waals surface area (Å²) in [6, 6.07) is 8.54. The van der Waals surface area contributed by atoms with Crippen molar-refractivity contribution in [1.29, 1.82) is 0 Å². The van der Waals surface area contributed by atoms with Crippen molar-refractivity contribution in [2.24, 2.45) is 7.05 Å². The average Bonchev–Trinajstić information content (AvgIpc) is 2.44. The van der Waals surface area contributed by atoms with E-state index in [0.717, 1.165) is 4.47 Å². The highest BCUT2D eigenvalue weighted by molar-refractivity contribution is 9.10. The van der Waals surface area contributed by atoms with Gasteiger partial charge < -0.3 is 4.57 Å². The highest BCUT2D eigenvalue weighted by atomic mass is 79.9. The number of benzene rings is 1. The van der Waals surface area contributed by atoms with Crippen molar-refractivity contribution < 1.29 is 0 Å². The van der Waals surface area contributed by atoms with E-state index >= 15 is 0 Å². The summed E-state index contributed by atoms with van der Waals surface area (Å²) in [4.78, 5) is 0. The van der Waals surface area contributed by atoms with Crippen molar-refractivity contribution in [3.05, 3.63) is 40.5 Å². The number of fused-ring (bicyclic) bond motifs is 1. The van der Waals surface area contributed by atoms with Gasteiger partial charge in [-0.1, -0.05) is 22.0 Å². The number of hydrogen-bond donors (Lipinski definition) is 0. The van der Waals surface area contributed by atoms with Crippen LogP contribution in [0.1, 0.15) is 12.6 Å². The van der Waals surface area contributed by atoms with E-state index in [9.17, 15) is 0 Å². The molecule has 1 heterocycles. The quantitative estimate of drug-likeness (QED) is 0.721. The molecule has 0 radical (unpaired) electrons. The highest BCUT2D eigenvalue weighted by Gasteiger charge is 2.02. The number of halogens is 1. The molecule has 0 bridgehead atoms. The topological polar surface area (TPSA) is 4.93 Å². The molecule has 0 N–H and O–H groups in total. The predicted molar refractivity (Wildman–Crippen MR) is 65.3 cm³/mol. The fourth-order valence-corrected chi connectivity index (χ4v) is 2.05. The number of hydrogen-bond acceptors (Lipinski definition) is 0. The van der Waals surface area contributed by atoms with Gasteiger partial charge in [-0.3, -0.25) is 0 Å². The van der Waals surface area contributed by atoms with E-state index in [1.165, 1.54) is 16.6 Å². The molecule has 0 aliphatic carbocycles. The zero-order valence-electron chi connectivity index (χ0n) is 8.29. The third kappa shape index (κ3) is 1.50. The van der Waals surface area contributed by atoms with Crippen molar-refractivity contribution in [3.63, 3.8) is 0 Å². The standard InChI is InChI=1S/C12H12BrN/c1-3-4-11-8-9-7-10(13)5-6-12(9)14(11)2/h3-8H,1-2H3. The maximum Gasteiger partial charge on any atom is 0.0483 e. The number of aromatic nitrogens is 1. The van der Waals surface area contributed by atoms with Gasteiger partial charge in [-0.05, 0) is 37.3 Å². The van der Waals surface area contributed by atoms with Crippen LogP contribution in [0.5, 0.6) is 0 Å². The lowest BCUT2D eigenvalue weighted by Crippen LogP contribution is -1.89. The third-order valence-corrected chi connectivity index (χ3v) is 2.87. The molecule has 0 amide bonds. The number of nitrogens with zero attached hydrogens (tertiary/aromatic N) is 1. The van der Waals surface area contributed by atoms with Crippen molar-refractivity contribution in [3.8, 4) is 0 Å². The summed E-state index contributed by atoms with van der Waals surface area (Å²) in [5, 5.41) is 1.27. The van der Waals surface area contributed by atoms with Gasteiger partial charge >= 0.3 is 0 Å². The monoisotopic (exact) mass is 249 g/mol. The summed E-state index contributed by atoms with van der Waals surface area (Å²) < 4.78 is 3.32. The Morgan fingerprint density at radius 2 is 2.07 bits per heavy atom. The first-order valence-electron chi connectivity index (χ1n) is 4.60. The minimum Gasteiger partial charge on any atom is -0.344 e. The van der Waals surface area contributed by atoms with Gasteiger partial charge in [0.15, 0.2) is 0 Å². The van der Waals surface area contributed by atoms with E-state index in [4.69, 9.17) is 0 Å². The van der Waals surface area contributed by atoms with Crippen molar-refractivity contribution in [1.82, 2.24) is 4.57 Å². The molecule has 1 aromatic carbocycles. The van der Waals surface area contributed by atoms with Crippen LogP contribution >= 0.6 is 15.9 Å². The van der Waals surface area contributed by atoms with E-state index in [2.05, 4.69) is 64.0 Å². The minimum absolute atomic E-state index is 1.13. The highest BCUT2D eigenvalue weighted by Crippen LogP contribution is 2.23. The second-order valence-corrected chi connectivity index (χ2v) is 4.25. The fraction of sp³-hybridized carbons (Fsp3) is 0.167. The lowest BCUT2D eigenvalue weighted by molar-refractivity contribution is 0.954. The Bertz CT molecular complexity index is 494. The summed E-state index contributed by atoms with van der Waals surface area (Å²) in [5.41, 5.74) is 2.50. The zero-order chi connectivity index (χ0) is 10.1. The van der Waals surface area contributed by atoms with Crippen molar-refractivity contribution in [2.75, 3.05) is 0 Å². The van der Waals surface area contributed by atoms with E-state index < -0.39 is 0 Å². The second-order valence-electron chi connectivity index (χ2n) is 3.33. The number of aryl methyl sites for hydroxylation is 1. The predicted octanol–water partition coefficient (Wildman–Crippen LogP) is 3.97. The van der Waals surface area contributed by atoms with Crippen LogP contribution in [0.15, 0.2) is 34.8 Å². The Balaban J connectivity index is 2.73. The minimum atomic E-state index is 1.13. The Kier molecular flexibility index (Phi) is 2.46. The summed E-state index contributed by atoms with van der Waals surface area (Å²) in [6.45, 7) is 2.04. The van der Waals surface area contributed by atoms with Crippen molar-refractivity contribution >= 4 is 32.9 Å². The molecule has 2 aromatic rings. The molecule has 0 saturated heterocycles. The van der Waals surface area contributed by atoms with Gasteiger partial charge in [0, 0.05) is 28.1 Å². The van der Waals surface area contributed by atoms with Gasteiger partial charge in [0.1, 0.15) is 0 Å². The van der Waals surface area contributed by atoms with Gasteiger partial charge in [0.2, 0.25) is 0 Å². The molecular formula is C12H12BrN. The van der Waals surface area contributed by atoms with E-state index in [1.54, 1.807) is 0 Å². The van der Waals surface area contributed by atoms with Gasteiger partial charge in [0.25, 0.3) is 0 Å². The summed E-state index contributed by atoms with van der Waals surface area (Å²) in [6.07, 6.45) is 4.18. The molecular weight excluding hydrogens is 238 g/mol. The van der Waals surface area contributed by atoms with Gasteiger partial charge in [-0.15, -0.1) is 0 Å². The average molecular weight is 250 g/mol. The Hall–Kier alpha value is -1.02. The molecule has 0 spiro atoms. The molecule has 0 fully saturated rings. The summed E-state index contributed by atoms with van der Waals surface area (Å²) in [7, 11) is 2.09. The van der Waals surface area contributed by atoms with E-state index in [-0.39, 0.29) is 0 Å². The largest absolute Gasteiger partial charge is 0.344 e. The van der Waals surface area contributed by atoms with E-state index in [1.807, 2.05) is 6.92 Å². The number of allylic oxidation sites excluding steroid dienone is 1. The maximum absolute atomic E-state index is 3.48. The van der Waals surface area contributed by atoms with Crippen molar-refractivity contribution in [2.45, 2.75) is 6.92 Å². The maximum atomic E-state index is 3.48. The van der Waals surface area contributed by atoms with Crippen LogP contribution in [-0.2, 0) is 7.05 Å². The SMILES string of the molecule is CC=Cc1cc2cc(Br)ccc2n1C. The molecule has 2 rings (SSSR count). The van der Waals surface area contributed by atoms with Crippen LogP contribution in [0.25, 0.3) is 17.0 Å². The molecule has 1 aromatic heterocycles. The number of rotatable bonds is 1. The molecule has 0 aliphatic heterocycles. The molecule has 2 heteroatoms. The second kappa shape index (κ2) is 3.62. The third-order valence-electron chi connectivity index (χ3n) is 2.38. The molecule has 0 atom stereocenters. The normalized spacial score (nSPS) is 11.6. The fourth-order valence-electron chi connectivity index (χ4n) is 1.67. The van der Waals surface area contributed by atoms with Crippen LogP contribution in [-0.4, -0.2) is 4.57 Å². The van der Waals surface area contributed by atoms with Crippen LogP contribution in [0.2, 0.25) is 0 Å². The Morgan fingerprint density at radius 3 is 2.79 bits per heavy atom. The molecule has 14 heavy (non-hydrogen) atoms.